The van der Waals surface area contributed by atoms with Crippen LogP contribution in [0.25, 0.3) is 5.76 Å². The second-order valence-corrected chi connectivity index (χ2v) is 8.40. The molecule has 1 saturated heterocycles. The Morgan fingerprint density at radius 2 is 1.75 bits per heavy atom. The Balaban J connectivity index is 1.69. The monoisotopic (exact) mass is 486 g/mol. The summed E-state index contributed by atoms with van der Waals surface area (Å²) in [5, 5.41) is 22.5. The first-order valence-electron chi connectivity index (χ1n) is 11.4. The number of fused-ring (bicyclic) bond motifs is 1. The second-order valence-electron chi connectivity index (χ2n) is 8.40. The number of hydrogen-bond donors (Lipinski definition) is 1. The average Bonchev–Trinajstić information content (AvgIpc) is 3.18. The van der Waals surface area contributed by atoms with Crippen molar-refractivity contribution >= 4 is 28.8 Å². The molecule has 3 aromatic rings. The first kappa shape index (κ1) is 23.1. The molecule has 0 radical (unpaired) electrons. The minimum absolute atomic E-state index is 0.0690. The fraction of sp³-hybridized carbons (Fsp3) is 0.185. The van der Waals surface area contributed by atoms with Crippen molar-refractivity contribution in [2.75, 3.05) is 18.1 Å². The third-order valence-corrected chi connectivity index (χ3v) is 6.28. The van der Waals surface area contributed by atoms with E-state index in [1.807, 2.05) is 19.1 Å². The number of aryl methyl sites for hydroxylation is 1. The van der Waals surface area contributed by atoms with Gasteiger partial charge in [-0.3, -0.25) is 24.6 Å². The minimum atomic E-state index is -0.960. The van der Waals surface area contributed by atoms with Crippen LogP contribution in [0.4, 0.5) is 11.4 Å². The van der Waals surface area contributed by atoms with Crippen LogP contribution in [0.3, 0.4) is 0 Å². The molecule has 1 fully saturated rings. The Morgan fingerprint density at radius 3 is 2.44 bits per heavy atom. The normalized spacial score (nSPS) is 18.4. The van der Waals surface area contributed by atoms with Gasteiger partial charge in [0.25, 0.3) is 17.4 Å². The van der Waals surface area contributed by atoms with Gasteiger partial charge in [0.1, 0.15) is 19.0 Å². The number of nitro benzene ring substituents is 1. The van der Waals surface area contributed by atoms with Crippen molar-refractivity contribution in [3.63, 3.8) is 0 Å². The summed E-state index contributed by atoms with van der Waals surface area (Å²) in [6.07, 6.45) is 0.802. The summed E-state index contributed by atoms with van der Waals surface area (Å²) in [4.78, 5) is 38.7. The van der Waals surface area contributed by atoms with Gasteiger partial charge in [0, 0.05) is 29.4 Å². The lowest BCUT2D eigenvalue weighted by Crippen LogP contribution is -2.29. The quantitative estimate of drug-likeness (QED) is 0.185. The van der Waals surface area contributed by atoms with Crippen LogP contribution >= 0.6 is 0 Å². The van der Waals surface area contributed by atoms with Gasteiger partial charge in [-0.1, -0.05) is 43.3 Å². The zero-order valence-corrected chi connectivity index (χ0v) is 19.3. The SMILES string of the molecule is CCc1ccc(C2/C(=C(\O)c3cccc([N+](=O)[O-])c3)C(=O)C(=O)N2c2ccc3c(c2)OCCO3)cc1. The van der Waals surface area contributed by atoms with Gasteiger partial charge in [-0.15, -0.1) is 0 Å². The van der Waals surface area contributed by atoms with Crippen LogP contribution in [0.5, 0.6) is 11.5 Å². The number of rotatable bonds is 5. The number of benzene rings is 3. The van der Waals surface area contributed by atoms with Crippen molar-refractivity contribution in [1.82, 2.24) is 0 Å². The molecule has 1 atom stereocenters. The molecule has 5 rings (SSSR count). The molecule has 1 N–H and O–H groups in total. The number of carbonyl (C=O) groups is 2. The number of nitrogens with zero attached hydrogens (tertiary/aromatic N) is 2. The maximum atomic E-state index is 13.4. The summed E-state index contributed by atoms with van der Waals surface area (Å²) in [5.41, 5.74) is 1.73. The van der Waals surface area contributed by atoms with Gasteiger partial charge in [0.2, 0.25) is 0 Å². The van der Waals surface area contributed by atoms with Crippen LogP contribution in [0, 0.1) is 10.1 Å². The maximum Gasteiger partial charge on any atom is 0.300 e. The van der Waals surface area contributed by atoms with E-state index in [9.17, 15) is 24.8 Å². The molecule has 36 heavy (non-hydrogen) atoms. The van der Waals surface area contributed by atoms with E-state index in [4.69, 9.17) is 9.47 Å². The highest BCUT2D eigenvalue weighted by Crippen LogP contribution is 2.44. The number of carbonyl (C=O) groups excluding carboxylic acids is 2. The molecule has 2 aliphatic rings. The predicted octanol–water partition coefficient (Wildman–Crippen LogP) is 4.55. The van der Waals surface area contributed by atoms with Crippen molar-refractivity contribution in [1.29, 1.82) is 0 Å². The Labute approximate surface area is 206 Å². The fourth-order valence-electron chi connectivity index (χ4n) is 4.45. The molecule has 2 aliphatic heterocycles. The van der Waals surface area contributed by atoms with Crippen LogP contribution in [0.2, 0.25) is 0 Å². The molecule has 9 heteroatoms. The van der Waals surface area contributed by atoms with Crippen LogP contribution in [-0.2, 0) is 16.0 Å². The number of anilines is 1. The zero-order valence-electron chi connectivity index (χ0n) is 19.3. The molecular formula is C27H22N2O7. The lowest BCUT2D eigenvalue weighted by atomic mass is 9.94. The van der Waals surface area contributed by atoms with Crippen molar-refractivity contribution in [3.8, 4) is 11.5 Å². The topological polar surface area (TPSA) is 119 Å². The maximum absolute atomic E-state index is 13.4. The Hall–Kier alpha value is -4.66. The van der Waals surface area contributed by atoms with Gasteiger partial charge in [0.15, 0.2) is 11.5 Å². The number of aliphatic hydroxyl groups excluding tert-OH is 1. The third-order valence-electron chi connectivity index (χ3n) is 6.28. The summed E-state index contributed by atoms with van der Waals surface area (Å²) < 4.78 is 11.2. The first-order valence-corrected chi connectivity index (χ1v) is 11.4. The zero-order chi connectivity index (χ0) is 25.4. The van der Waals surface area contributed by atoms with Gasteiger partial charge < -0.3 is 14.6 Å². The molecule has 0 spiro atoms. The number of non-ortho nitro benzene ring substituents is 1. The largest absolute Gasteiger partial charge is 0.507 e. The minimum Gasteiger partial charge on any atom is -0.507 e. The standard InChI is InChI=1S/C27H22N2O7/c1-2-16-6-8-17(9-7-16)24-23(25(30)18-4-3-5-20(14-18)29(33)34)26(31)27(32)28(24)19-10-11-21-22(15-19)36-13-12-35-21/h3-11,14-15,24,30H,2,12-13H2,1H3/b25-23+. The van der Waals surface area contributed by atoms with E-state index in [1.54, 1.807) is 30.3 Å². The predicted molar refractivity (Wildman–Crippen MR) is 131 cm³/mol. The van der Waals surface area contributed by atoms with Crippen molar-refractivity contribution in [3.05, 3.63) is 99.1 Å². The lowest BCUT2D eigenvalue weighted by Gasteiger charge is -2.27. The summed E-state index contributed by atoms with van der Waals surface area (Å²) in [7, 11) is 0. The number of ether oxygens (including phenoxy) is 2. The summed E-state index contributed by atoms with van der Waals surface area (Å²) in [5.74, 6) is -1.23. The molecule has 3 aromatic carbocycles. The van der Waals surface area contributed by atoms with Gasteiger partial charge in [0.05, 0.1) is 16.5 Å². The van der Waals surface area contributed by atoms with E-state index in [0.29, 0.717) is 36.0 Å². The number of ketones is 1. The van der Waals surface area contributed by atoms with Gasteiger partial charge in [-0.25, -0.2) is 0 Å². The molecule has 0 bridgehead atoms. The summed E-state index contributed by atoms with van der Waals surface area (Å²) >= 11 is 0. The first-order chi connectivity index (χ1) is 17.4. The molecule has 1 unspecified atom stereocenters. The smallest absolute Gasteiger partial charge is 0.300 e. The third kappa shape index (κ3) is 3.94. The summed E-state index contributed by atoms with van der Waals surface area (Å²) in [6.45, 7) is 2.77. The highest BCUT2D eigenvalue weighted by Gasteiger charge is 2.47. The van der Waals surface area contributed by atoms with Crippen molar-refractivity contribution in [2.24, 2.45) is 0 Å². The van der Waals surface area contributed by atoms with E-state index in [2.05, 4.69) is 0 Å². The van der Waals surface area contributed by atoms with Crippen LogP contribution in [0.15, 0.2) is 72.3 Å². The number of Topliss-reactive ketones (excluding diaryl/α,β-unsaturated/α-hetero) is 1. The molecular weight excluding hydrogens is 464 g/mol. The molecule has 2 heterocycles. The fourth-order valence-corrected chi connectivity index (χ4v) is 4.45. The van der Waals surface area contributed by atoms with Crippen LogP contribution in [-0.4, -0.2) is 34.9 Å². The number of hydrogen-bond acceptors (Lipinski definition) is 7. The number of amides is 1. The van der Waals surface area contributed by atoms with E-state index in [-0.39, 0.29) is 16.8 Å². The Bertz CT molecular complexity index is 1410. The highest BCUT2D eigenvalue weighted by atomic mass is 16.6. The molecule has 9 nitrogen and oxygen atoms in total. The molecule has 0 aromatic heterocycles. The van der Waals surface area contributed by atoms with Crippen LogP contribution < -0.4 is 14.4 Å². The lowest BCUT2D eigenvalue weighted by molar-refractivity contribution is -0.384. The van der Waals surface area contributed by atoms with Gasteiger partial charge in [-0.05, 0) is 29.7 Å². The summed E-state index contributed by atoms with van der Waals surface area (Å²) in [6, 6.07) is 16.7. The average molecular weight is 486 g/mol. The Morgan fingerprint density at radius 1 is 1.03 bits per heavy atom. The van der Waals surface area contributed by atoms with Crippen LogP contribution in [0.1, 0.15) is 29.7 Å². The van der Waals surface area contributed by atoms with Crippen molar-refractivity contribution in [2.45, 2.75) is 19.4 Å². The number of nitro groups is 1. The Kier molecular flexibility index (Phi) is 5.89. The van der Waals surface area contributed by atoms with E-state index >= 15 is 0 Å². The second kappa shape index (κ2) is 9.18. The van der Waals surface area contributed by atoms with Gasteiger partial charge in [-0.2, -0.15) is 0 Å². The molecule has 0 aliphatic carbocycles. The molecule has 182 valence electrons. The van der Waals surface area contributed by atoms with E-state index in [0.717, 1.165) is 12.0 Å². The van der Waals surface area contributed by atoms with Crippen molar-refractivity contribution < 1.29 is 29.1 Å². The van der Waals surface area contributed by atoms with E-state index < -0.39 is 28.4 Å². The van der Waals surface area contributed by atoms with Gasteiger partial charge >= 0.3 is 0 Å². The molecule has 1 amide bonds. The molecule has 0 saturated carbocycles. The van der Waals surface area contributed by atoms with E-state index in [1.165, 1.54) is 29.2 Å². The highest BCUT2D eigenvalue weighted by molar-refractivity contribution is 6.51. The number of aliphatic hydroxyl groups is 1.